The molecule has 0 amide bonds. The number of para-hydroxylation sites is 1. The SMILES string of the molecule is c1ccc2c(c1)ccc1c2oc2cccc(N(c3ccc(-c4ccc5c(c4)sc4ccccc45)cc3)c3ccc4oc5ccccc5c4c3)c21. The van der Waals surface area contributed by atoms with Crippen molar-refractivity contribution < 1.29 is 8.83 Å². The first kappa shape index (κ1) is 27.6. The Hall–Kier alpha value is -6.36. The van der Waals surface area contributed by atoms with Gasteiger partial charge >= 0.3 is 0 Å². The minimum Gasteiger partial charge on any atom is -0.456 e. The molecule has 0 unspecified atom stereocenters. The molecule has 3 nitrogen and oxygen atoms in total. The van der Waals surface area contributed by atoms with Crippen LogP contribution in [-0.4, -0.2) is 0 Å². The van der Waals surface area contributed by atoms with Crippen LogP contribution < -0.4 is 4.90 Å². The molecule has 11 aromatic rings. The number of rotatable bonds is 4. The van der Waals surface area contributed by atoms with Crippen molar-refractivity contribution in [2.24, 2.45) is 0 Å². The minimum absolute atomic E-state index is 0.863. The summed E-state index contributed by atoms with van der Waals surface area (Å²) < 4.78 is 15.5. The van der Waals surface area contributed by atoms with E-state index in [9.17, 15) is 0 Å². The molecule has 234 valence electrons. The van der Waals surface area contributed by atoms with Crippen LogP contribution >= 0.6 is 11.3 Å². The van der Waals surface area contributed by atoms with Gasteiger partial charge in [-0.1, -0.05) is 97.1 Å². The van der Waals surface area contributed by atoms with Gasteiger partial charge in [0.15, 0.2) is 0 Å². The van der Waals surface area contributed by atoms with Gasteiger partial charge in [-0.15, -0.1) is 11.3 Å². The van der Waals surface area contributed by atoms with E-state index in [0.717, 1.165) is 66.3 Å². The Balaban J connectivity index is 1.11. The smallest absolute Gasteiger partial charge is 0.143 e. The maximum absolute atomic E-state index is 6.64. The average Bonchev–Trinajstić information content (AvgIpc) is 3.86. The molecule has 0 radical (unpaired) electrons. The predicted octanol–water partition coefficient (Wildman–Crippen LogP) is 14.1. The summed E-state index contributed by atoms with van der Waals surface area (Å²) in [6.45, 7) is 0. The van der Waals surface area contributed by atoms with Crippen molar-refractivity contribution in [1.82, 2.24) is 0 Å². The van der Waals surface area contributed by atoms with Gasteiger partial charge in [0.1, 0.15) is 22.3 Å². The highest BCUT2D eigenvalue weighted by Crippen LogP contribution is 2.46. The van der Waals surface area contributed by atoms with Gasteiger partial charge < -0.3 is 13.7 Å². The van der Waals surface area contributed by atoms with Crippen LogP contribution in [0.25, 0.3) is 85.9 Å². The zero-order chi connectivity index (χ0) is 32.8. The highest BCUT2D eigenvalue weighted by molar-refractivity contribution is 7.25. The average molecular weight is 658 g/mol. The molecule has 0 spiro atoms. The van der Waals surface area contributed by atoms with Gasteiger partial charge in [-0.3, -0.25) is 0 Å². The largest absolute Gasteiger partial charge is 0.456 e. The van der Waals surface area contributed by atoms with Crippen LogP contribution in [0.1, 0.15) is 0 Å². The lowest BCUT2D eigenvalue weighted by Gasteiger charge is -2.26. The third-order valence-electron chi connectivity index (χ3n) is 10.1. The first-order chi connectivity index (χ1) is 24.8. The second kappa shape index (κ2) is 10.6. The fourth-order valence-corrected chi connectivity index (χ4v) is 8.86. The summed E-state index contributed by atoms with van der Waals surface area (Å²) in [6, 6.07) is 58.4. The van der Waals surface area contributed by atoms with Gasteiger partial charge in [-0.25, -0.2) is 0 Å². The second-order valence-corrected chi connectivity index (χ2v) is 14.0. The molecule has 3 aromatic heterocycles. The lowest BCUT2D eigenvalue weighted by atomic mass is 10.0. The van der Waals surface area contributed by atoms with Gasteiger partial charge in [0, 0.05) is 53.1 Å². The maximum atomic E-state index is 6.64. The zero-order valence-electron chi connectivity index (χ0n) is 26.8. The summed E-state index contributed by atoms with van der Waals surface area (Å²) in [7, 11) is 0. The number of fused-ring (bicyclic) bond motifs is 11. The standard InChI is InChI=1S/C46H27NO2S/c1-2-9-33-29(8-1)18-24-37-45-39(12-7-14-42(45)49-46(33)37)47(32-22-25-41-38(27-32)34-10-3-5-13-40(34)48-41)31-20-16-28(17-21-31)30-19-23-36-35-11-4-6-15-43(35)50-44(36)26-30/h1-27H. The van der Waals surface area contributed by atoms with Crippen LogP contribution in [0.4, 0.5) is 17.1 Å². The van der Waals surface area contributed by atoms with Gasteiger partial charge in [-0.2, -0.15) is 0 Å². The van der Waals surface area contributed by atoms with Crippen LogP contribution in [0.5, 0.6) is 0 Å². The van der Waals surface area contributed by atoms with E-state index in [1.165, 1.54) is 36.7 Å². The summed E-state index contributed by atoms with van der Waals surface area (Å²) in [6.07, 6.45) is 0. The Morgan fingerprint density at radius 1 is 0.400 bits per heavy atom. The third-order valence-corrected chi connectivity index (χ3v) is 11.2. The number of anilines is 3. The highest BCUT2D eigenvalue weighted by Gasteiger charge is 2.21. The third kappa shape index (κ3) is 4.09. The molecule has 0 saturated heterocycles. The van der Waals surface area contributed by atoms with Crippen molar-refractivity contribution in [1.29, 1.82) is 0 Å². The molecule has 0 saturated carbocycles. The normalized spacial score (nSPS) is 12.0. The summed E-state index contributed by atoms with van der Waals surface area (Å²) in [5, 5.41) is 9.30. The lowest BCUT2D eigenvalue weighted by Crippen LogP contribution is -2.10. The van der Waals surface area contributed by atoms with E-state index in [0.29, 0.717) is 0 Å². The van der Waals surface area contributed by atoms with E-state index in [4.69, 9.17) is 8.83 Å². The first-order valence-corrected chi connectivity index (χ1v) is 17.6. The summed E-state index contributed by atoms with van der Waals surface area (Å²) in [4.78, 5) is 2.35. The van der Waals surface area contributed by atoms with Crippen LogP contribution in [0.2, 0.25) is 0 Å². The zero-order valence-corrected chi connectivity index (χ0v) is 27.6. The molecule has 0 aliphatic heterocycles. The quantitative estimate of drug-likeness (QED) is 0.189. The van der Waals surface area contributed by atoms with E-state index in [1.54, 1.807) is 0 Å². The van der Waals surface area contributed by atoms with E-state index >= 15 is 0 Å². The number of benzene rings is 8. The number of thiophene rings is 1. The fourth-order valence-electron chi connectivity index (χ4n) is 7.71. The number of hydrogen-bond acceptors (Lipinski definition) is 4. The summed E-state index contributed by atoms with van der Waals surface area (Å²) >= 11 is 1.85. The van der Waals surface area contributed by atoms with Crippen molar-refractivity contribution in [2.75, 3.05) is 4.90 Å². The minimum atomic E-state index is 0.863. The lowest BCUT2D eigenvalue weighted by molar-refractivity contribution is 0.669. The Morgan fingerprint density at radius 2 is 1.10 bits per heavy atom. The van der Waals surface area contributed by atoms with Gasteiger partial charge in [-0.05, 0) is 83.2 Å². The predicted molar refractivity (Wildman–Crippen MR) is 212 cm³/mol. The highest BCUT2D eigenvalue weighted by atomic mass is 32.1. The summed E-state index contributed by atoms with van der Waals surface area (Å²) in [5.74, 6) is 0. The number of furan rings is 2. The van der Waals surface area contributed by atoms with E-state index in [2.05, 4.69) is 157 Å². The van der Waals surface area contributed by atoms with E-state index < -0.39 is 0 Å². The molecule has 0 aliphatic carbocycles. The second-order valence-electron chi connectivity index (χ2n) is 12.9. The van der Waals surface area contributed by atoms with Gasteiger partial charge in [0.25, 0.3) is 0 Å². The molecule has 8 aromatic carbocycles. The fraction of sp³-hybridized carbons (Fsp3) is 0. The van der Waals surface area contributed by atoms with Crippen molar-refractivity contribution in [3.8, 4) is 11.1 Å². The van der Waals surface area contributed by atoms with Crippen LogP contribution in [0, 0.1) is 0 Å². The molecule has 50 heavy (non-hydrogen) atoms. The van der Waals surface area contributed by atoms with Crippen molar-refractivity contribution in [3.63, 3.8) is 0 Å². The molecule has 11 rings (SSSR count). The van der Waals surface area contributed by atoms with Gasteiger partial charge in [0.05, 0.1) is 11.1 Å². The Labute approximate surface area is 290 Å². The molecule has 4 heteroatoms. The van der Waals surface area contributed by atoms with Crippen LogP contribution in [0.15, 0.2) is 173 Å². The van der Waals surface area contributed by atoms with Gasteiger partial charge in [0.2, 0.25) is 0 Å². The van der Waals surface area contributed by atoms with E-state index in [1.807, 2.05) is 23.5 Å². The maximum Gasteiger partial charge on any atom is 0.143 e. The molecule has 0 aliphatic rings. The molecular formula is C46H27NO2S. The number of nitrogens with zero attached hydrogens (tertiary/aromatic N) is 1. The van der Waals surface area contributed by atoms with Crippen molar-refractivity contribution >= 4 is 103 Å². The molecule has 0 bridgehead atoms. The monoisotopic (exact) mass is 657 g/mol. The topological polar surface area (TPSA) is 29.5 Å². The van der Waals surface area contributed by atoms with Crippen molar-refractivity contribution in [3.05, 3.63) is 164 Å². The van der Waals surface area contributed by atoms with Crippen LogP contribution in [0.3, 0.4) is 0 Å². The Kier molecular flexibility index (Phi) is 5.83. The molecular weight excluding hydrogens is 631 g/mol. The van der Waals surface area contributed by atoms with E-state index in [-0.39, 0.29) is 0 Å². The Bertz CT molecular complexity index is 3110. The van der Waals surface area contributed by atoms with Crippen LogP contribution in [-0.2, 0) is 0 Å². The molecule has 3 heterocycles. The van der Waals surface area contributed by atoms with Crippen molar-refractivity contribution in [2.45, 2.75) is 0 Å². The molecule has 0 atom stereocenters. The molecule has 0 fully saturated rings. The summed E-state index contributed by atoms with van der Waals surface area (Å²) in [5.41, 5.74) is 9.10. The first-order valence-electron chi connectivity index (χ1n) is 16.8. The molecule has 0 N–H and O–H groups in total. The Morgan fingerprint density at radius 3 is 2.02 bits per heavy atom. The number of hydrogen-bond donors (Lipinski definition) is 0.